The monoisotopic (exact) mass is 527 g/mol. The molecule has 4 atom stereocenters. The van der Waals surface area contributed by atoms with Crippen LogP contribution in [0.1, 0.15) is 84.8 Å². The molecule has 5 nitrogen and oxygen atoms in total. The lowest BCUT2D eigenvalue weighted by molar-refractivity contribution is -0.156. The molecule has 1 aromatic rings. The van der Waals surface area contributed by atoms with E-state index in [9.17, 15) is 4.79 Å². The Morgan fingerprint density at radius 2 is 1.47 bits per heavy atom. The molecule has 2 fully saturated rings. The average molecular weight is 528 g/mol. The highest BCUT2D eigenvalue weighted by atomic mass is 16.6. The average Bonchev–Trinajstić information content (AvgIpc) is 2.84. The predicted molar refractivity (Wildman–Crippen MR) is 160 cm³/mol. The summed E-state index contributed by atoms with van der Waals surface area (Å²) in [6.07, 6.45) is 7.45. The van der Waals surface area contributed by atoms with Gasteiger partial charge in [-0.3, -0.25) is 9.69 Å². The summed E-state index contributed by atoms with van der Waals surface area (Å²) in [7, 11) is 0. The van der Waals surface area contributed by atoms with E-state index in [0.29, 0.717) is 17.9 Å². The molecule has 38 heavy (non-hydrogen) atoms. The lowest BCUT2D eigenvalue weighted by Crippen LogP contribution is -2.42. The number of fused-ring (bicyclic) bond motifs is 4. The van der Waals surface area contributed by atoms with Crippen LogP contribution >= 0.6 is 0 Å². The quantitative estimate of drug-likeness (QED) is 0.436. The van der Waals surface area contributed by atoms with Crippen LogP contribution in [0, 0.1) is 24.2 Å². The summed E-state index contributed by atoms with van der Waals surface area (Å²) in [6, 6.07) is 9.18. The third kappa shape index (κ3) is 12.2. The smallest absolute Gasteiger partial charge is 0.320 e. The van der Waals surface area contributed by atoms with Gasteiger partial charge in [-0.2, -0.15) is 0 Å². The molecule has 216 valence electrons. The molecule has 0 radical (unpaired) electrons. The summed E-state index contributed by atoms with van der Waals surface area (Å²) in [4.78, 5) is 20.5. The van der Waals surface area contributed by atoms with Crippen molar-refractivity contribution >= 4 is 5.97 Å². The van der Waals surface area contributed by atoms with Crippen molar-refractivity contribution < 1.29 is 9.53 Å². The fourth-order valence-electron chi connectivity index (χ4n) is 6.37. The van der Waals surface area contributed by atoms with Crippen LogP contribution in [0.3, 0.4) is 0 Å². The molecule has 2 bridgehead atoms. The van der Waals surface area contributed by atoms with Crippen molar-refractivity contribution in [2.24, 2.45) is 17.3 Å². The van der Waals surface area contributed by atoms with Crippen LogP contribution in [0.4, 0.5) is 0 Å². The molecule has 1 aromatic carbocycles. The number of hydrogen-bond donors (Lipinski definition) is 0. The molecule has 0 saturated carbocycles. The summed E-state index contributed by atoms with van der Waals surface area (Å²) in [5.41, 5.74) is 2.75. The Kier molecular flexibility index (Phi) is 11.7. The van der Waals surface area contributed by atoms with Crippen LogP contribution in [0.25, 0.3) is 0 Å². The van der Waals surface area contributed by atoms with Gasteiger partial charge in [0.15, 0.2) is 0 Å². The highest BCUT2D eigenvalue weighted by Crippen LogP contribution is 2.30. The van der Waals surface area contributed by atoms with Crippen LogP contribution in [0.15, 0.2) is 24.3 Å². The van der Waals surface area contributed by atoms with E-state index in [-0.39, 0.29) is 5.97 Å². The minimum Gasteiger partial charge on any atom is -0.459 e. The Balaban J connectivity index is 1.77. The van der Waals surface area contributed by atoms with Crippen molar-refractivity contribution in [3.63, 3.8) is 0 Å². The van der Waals surface area contributed by atoms with Gasteiger partial charge in [-0.05, 0) is 109 Å². The Labute approximate surface area is 234 Å². The van der Waals surface area contributed by atoms with Gasteiger partial charge in [0.2, 0.25) is 0 Å². The summed E-state index contributed by atoms with van der Waals surface area (Å²) in [5, 5.41) is 0. The maximum Gasteiger partial charge on any atom is 0.320 e. The van der Waals surface area contributed by atoms with Gasteiger partial charge in [-0.15, -0.1) is 0 Å². The first-order valence-corrected chi connectivity index (χ1v) is 15.3. The number of ether oxygens (including phenoxy) is 1. The van der Waals surface area contributed by atoms with Gasteiger partial charge in [-0.1, -0.05) is 50.6 Å². The summed E-state index contributed by atoms with van der Waals surface area (Å²) < 4.78 is 5.68. The predicted octanol–water partition coefficient (Wildman–Crippen LogP) is 6.04. The number of carbonyl (C=O) groups is 1. The second-order valence-electron chi connectivity index (χ2n) is 14.4. The van der Waals surface area contributed by atoms with Crippen molar-refractivity contribution in [2.75, 3.05) is 58.9 Å². The minimum atomic E-state index is -0.432. The molecular weight excluding hydrogens is 470 g/mol. The van der Waals surface area contributed by atoms with Crippen LogP contribution in [0.2, 0.25) is 0 Å². The third-order valence-corrected chi connectivity index (χ3v) is 7.97. The number of aryl methyl sites for hydroxylation is 1. The van der Waals surface area contributed by atoms with Crippen LogP contribution in [0.5, 0.6) is 0 Å². The fourth-order valence-corrected chi connectivity index (χ4v) is 6.37. The number of benzene rings is 1. The van der Waals surface area contributed by atoms with Gasteiger partial charge in [-0.25, -0.2) is 0 Å². The number of carbonyl (C=O) groups excluding carboxylic acids is 1. The topological polar surface area (TPSA) is 36.0 Å². The molecule has 0 aromatic heterocycles. The van der Waals surface area contributed by atoms with Gasteiger partial charge in [0.25, 0.3) is 0 Å². The van der Waals surface area contributed by atoms with Gasteiger partial charge < -0.3 is 14.5 Å². The Bertz CT molecular complexity index is 839. The highest BCUT2D eigenvalue weighted by molar-refractivity contribution is 5.72. The SMILES string of the molecule is Cc1ccc(CC2CN3CCCN(CC(=O)OC(C)(C)C)CCN(CCCC(CC(C)(C)C)CC3)C2)cc1. The summed E-state index contributed by atoms with van der Waals surface area (Å²) in [6.45, 7) is 24.3. The second-order valence-corrected chi connectivity index (χ2v) is 14.4. The molecule has 0 N–H and O–H groups in total. The summed E-state index contributed by atoms with van der Waals surface area (Å²) >= 11 is 0. The fraction of sp³-hybridized carbons (Fsp3) is 0.788. The van der Waals surface area contributed by atoms with Crippen LogP contribution in [-0.2, 0) is 16.0 Å². The molecule has 0 amide bonds. The number of nitrogens with zero attached hydrogens (tertiary/aromatic N) is 3. The van der Waals surface area contributed by atoms with Crippen LogP contribution < -0.4 is 0 Å². The van der Waals surface area contributed by atoms with E-state index in [1.54, 1.807) is 0 Å². The van der Waals surface area contributed by atoms with Crippen molar-refractivity contribution in [3.8, 4) is 0 Å². The van der Waals surface area contributed by atoms with E-state index in [2.05, 4.69) is 66.7 Å². The molecule has 2 aliphatic heterocycles. The van der Waals surface area contributed by atoms with E-state index in [1.807, 2.05) is 20.8 Å². The van der Waals surface area contributed by atoms with Crippen molar-refractivity contribution in [2.45, 2.75) is 92.6 Å². The standard InChI is InChI=1S/C33H57N3O2/c1-27-11-13-28(14-12-27)22-30-24-34-17-9-18-36(26-31(37)38-33(5,6)7)21-20-35(25-30)16-8-10-29(15-19-34)23-32(2,3)4/h11-14,29-30H,8-10,15-26H2,1-7H3. The Hall–Kier alpha value is -1.43. The maximum absolute atomic E-state index is 12.7. The van der Waals surface area contributed by atoms with Crippen molar-refractivity contribution in [1.29, 1.82) is 0 Å². The highest BCUT2D eigenvalue weighted by Gasteiger charge is 2.26. The zero-order chi connectivity index (χ0) is 27.8. The van der Waals surface area contributed by atoms with E-state index >= 15 is 0 Å². The molecule has 4 unspecified atom stereocenters. The lowest BCUT2D eigenvalue weighted by Gasteiger charge is -2.31. The second kappa shape index (κ2) is 14.3. The zero-order valence-electron chi connectivity index (χ0n) is 25.7. The van der Waals surface area contributed by atoms with E-state index in [1.165, 1.54) is 49.9 Å². The lowest BCUT2D eigenvalue weighted by atomic mass is 9.81. The van der Waals surface area contributed by atoms with Gasteiger partial charge >= 0.3 is 5.97 Å². The third-order valence-electron chi connectivity index (χ3n) is 7.97. The van der Waals surface area contributed by atoms with Gasteiger partial charge in [0.1, 0.15) is 5.60 Å². The molecule has 3 rings (SSSR count). The van der Waals surface area contributed by atoms with Gasteiger partial charge in [0, 0.05) is 32.7 Å². The largest absolute Gasteiger partial charge is 0.459 e. The minimum absolute atomic E-state index is 0.0980. The van der Waals surface area contributed by atoms with Crippen LogP contribution in [-0.4, -0.2) is 85.2 Å². The van der Waals surface area contributed by atoms with E-state index < -0.39 is 5.60 Å². The first kappa shape index (κ1) is 31.1. The first-order valence-electron chi connectivity index (χ1n) is 15.3. The van der Waals surface area contributed by atoms with Gasteiger partial charge in [0.05, 0.1) is 6.54 Å². The molecular formula is C33H57N3O2. The Morgan fingerprint density at radius 1 is 0.816 bits per heavy atom. The van der Waals surface area contributed by atoms with Crippen molar-refractivity contribution in [1.82, 2.24) is 14.7 Å². The molecule has 0 spiro atoms. The molecule has 2 heterocycles. The van der Waals surface area contributed by atoms with E-state index in [0.717, 1.165) is 58.0 Å². The molecule has 2 saturated heterocycles. The molecule has 0 aliphatic carbocycles. The number of rotatable bonds is 5. The first-order chi connectivity index (χ1) is 17.8. The van der Waals surface area contributed by atoms with E-state index in [4.69, 9.17) is 4.74 Å². The maximum atomic E-state index is 12.7. The zero-order valence-corrected chi connectivity index (χ0v) is 25.7. The number of hydrogen-bond acceptors (Lipinski definition) is 5. The Morgan fingerprint density at radius 3 is 2.13 bits per heavy atom. The number of esters is 1. The molecule has 5 heteroatoms. The molecule has 2 aliphatic rings. The van der Waals surface area contributed by atoms with Crippen molar-refractivity contribution in [3.05, 3.63) is 35.4 Å². The normalized spacial score (nSPS) is 26.9. The summed E-state index contributed by atoms with van der Waals surface area (Å²) in [5.74, 6) is 1.33.